The molecule has 4 heteroatoms. The minimum Gasteiger partial charge on any atom is -0.465 e. The average molecular weight is 314 g/mol. The number of halogens is 1. The zero-order valence-electron chi connectivity index (χ0n) is 11.3. The maximum atomic E-state index is 11.4. The molecule has 0 saturated heterocycles. The third-order valence-electron chi connectivity index (χ3n) is 3.12. The van der Waals surface area contributed by atoms with E-state index in [1.807, 2.05) is 6.07 Å². The van der Waals surface area contributed by atoms with Crippen LogP contribution in [0.25, 0.3) is 0 Å². The van der Waals surface area contributed by atoms with Crippen LogP contribution < -0.4 is 5.32 Å². The number of hydrogen-bond donors (Lipinski definition) is 1. The summed E-state index contributed by atoms with van der Waals surface area (Å²) in [5.41, 5.74) is 1.80. The summed E-state index contributed by atoms with van der Waals surface area (Å²) in [6, 6.07) is 5.52. The predicted molar refractivity (Wildman–Crippen MR) is 76.7 cm³/mol. The molecule has 1 aromatic rings. The second-order valence-electron chi connectivity index (χ2n) is 4.89. The summed E-state index contributed by atoms with van der Waals surface area (Å²) < 4.78 is 5.61. The molecule has 18 heavy (non-hydrogen) atoms. The van der Waals surface area contributed by atoms with Crippen molar-refractivity contribution in [2.45, 2.75) is 39.3 Å². The minimum absolute atomic E-state index is 0.112. The molecular formula is C14H20BrNO2. The summed E-state index contributed by atoms with van der Waals surface area (Å²) >= 11 is 3.49. The van der Waals surface area contributed by atoms with Gasteiger partial charge in [0.1, 0.15) is 0 Å². The number of esters is 1. The van der Waals surface area contributed by atoms with Crippen molar-refractivity contribution in [3.05, 3.63) is 33.8 Å². The standard InChI is InChI=1S/C14H20BrNO2/c1-5-14(2,3)16-9-11-7-6-10(8-12(11)15)13(17)18-4/h6-8,16H,5,9H2,1-4H3. The van der Waals surface area contributed by atoms with Gasteiger partial charge >= 0.3 is 5.97 Å². The number of methoxy groups -OCH3 is 1. The Morgan fingerprint density at radius 1 is 1.44 bits per heavy atom. The molecule has 0 heterocycles. The first-order valence-corrected chi connectivity index (χ1v) is 6.80. The third-order valence-corrected chi connectivity index (χ3v) is 3.85. The van der Waals surface area contributed by atoms with Crippen molar-refractivity contribution < 1.29 is 9.53 Å². The maximum absolute atomic E-state index is 11.4. The van der Waals surface area contributed by atoms with Crippen molar-refractivity contribution in [2.75, 3.05) is 7.11 Å². The highest BCUT2D eigenvalue weighted by Crippen LogP contribution is 2.20. The van der Waals surface area contributed by atoms with Gasteiger partial charge in [0.2, 0.25) is 0 Å². The molecule has 0 unspecified atom stereocenters. The summed E-state index contributed by atoms with van der Waals surface area (Å²) in [6.07, 6.45) is 1.06. The van der Waals surface area contributed by atoms with Crippen LogP contribution in [0, 0.1) is 0 Å². The molecule has 0 aliphatic carbocycles. The van der Waals surface area contributed by atoms with Crippen LogP contribution in [0.3, 0.4) is 0 Å². The van der Waals surface area contributed by atoms with E-state index < -0.39 is 0 Å². The monoisotopic (exact) mass is 313 g/mol. The zero-order valence-corrected chi connectivity index (χ0v) is 12.9. The van der Waals surface area contributed by atoms with E-state index in [-0.39, 0.29) is 11.5 Å². The second kappa shape index (κ2) is 6.34. The lowest BCUT2D eigenvalue weighted by Crippen LogP contribution is -2.37. The van der Waals surface area contributed by atoms with E-state index in [0.29, 0.717) is 5.56 Å². The first kappa shape index (κ1) is 15.2. The number of nitrogens with one attached hydrogen (secondary N) is 1. The van der Waals surface area contributed by atoms with Crippen molar-refractivity contribution in [1.82, 2.24) is 5.32 Å². The van der Waals surface area contributed by atoms with Crippen LogP contribution in [0.1, 0.15) is 43.1 Å². The lowest BCUT2D eigenvalue weighted by atomic mass is 10.0. The first-order chi connectivity index (χ1) is 8.39. The van der Waals surface area contributed by atoms with Crippen molar-refractivity contribution in [3.63, 3.8) is 0 Å². The van der Waals surface area contributed by atoms with Crippen LogP contribution in [0.5, 0.6) is 0 Å². The molecule has 0 radical (unpaired) electrons. The smallest absolute Gasteiger partial charge is 0.337 e. The van der Waals surface area contributed by atoms with E-state index in [9.17, 15) is 4.79 Å². The lowest BCUT2D eigenvalue weighted by Gasteiger charge is -2.25. The topological polar surface area (TPSA) is 38.3 Å². The number of hydrogen-bond acceptors (Lipinski definition) is 3. The molecule has 0 fully saturated rings. The van der Waals surface area contributed by atoms with E-state index in [0.717, 1.165) is 23.0 Å². The highest BCUT2D eigenvalue weighted by atomic mass is 79.9. The third kappa shape index (κ3) is 4.10. The quantitative estimate of drug-likeness (QED) is 0.845. The van der Waals surface area contributed by atoms with Crippen molar-refractivity contribution in [1.29, 1.82) is 0 Å². The van der Waals surface area contributed by atoms with Gasteiger partial charge < -0.3 is 10.1 Å². The van der Waals surface area contributed by atoms with Crippen molar-refractivity contribution in [3.8, 4) is 0 Å². The van der Waals surface area contributed by atoms with Gasteiger partial charge in [0.05, 0.1) is 12.7 Å². The largest absolute Gasteiger partial charge is 0.465 e. The van der Waals surface area contributed by atoms with Gasteiger partial charge in [0.25, 0.3) is 0 Å². The Balaban J connectivity index is 2.77. The molecule has 0 aliphatic rings. The van der Waals surface area contributed by atoms with Gasteiger partial charge in [0.15, 0.2) is 0 Å². The maximum Gasteiger partial charge on any atom is 0.337 e. The molecule has 0 saturated carbocycles. The Hall–Kier alpha value is -0.870. The predicted octanol–water partition coefficient (Wildman–Crippen LogP) is 3.51. The summed E-state index contributed by atoms with van der Waals surface area (Å²) in [5.74, 6) is -0.316. The SMILES string of the molecule is CCC(C)(C)NCc1ccc(C(=O)OC)cc1Br. The normalized spacial score (nSPS) is 11.4. The fraction of sp³-hybridized carbons (Fsp3) is 0.500. The molecule has 0 atom stereocenters. The number of carbonyl (C=O) groups is 1. The van der Waals surface area contributed by atoms with Crippen LogP contribution in [0.15, 0.2) is 22.7 Å². The van der Waals surface area contributed by atoms with Crippen LogP contribution in [-0.2, 0) is 11.3 Å². The van der Waals surface area contributed by atoms with Gasteiger partial charge in [-0.05, 0) is 38.0 Å². The fourth-order valence-corrected chi connectivity index (χ4v) is 1.91. The summed E-state index contributed by atoms with van der Waals surface area (Å²) in [4.78, 5) is 11.4. The van der Waals surface area contributed by atoms with Crippen LogP contribution in [0.4, 0.5) is 0 Å². The van der Waals surface area contributed by atoms with Gasteiger partial charge in [-0.1, -0.05) is 28.9 Å². The van der Waals surface area contributed by atoms with Gasteiger partial charge in [-0.15, -0.1) is 0 Å². The van der Waals surface area contributed by atoms with Crippen LogP contribution >= 0.6 is 15.9 Å². The van der Waals surface area contributed by atoms with Gasteiger partial charge in [-0.3, -0.25) is 0 Å². The van der Waals surface area contributed by atoms with E-state index in [4.69, 9.17) is 0 Å². The molecular weight excluding hydrogens is 294 g/mol. The number of carbonyl (C=O) groups excluding carboxylic acids is 1. The Morgan fingerprint density at radius 3 is 2.61 bits per heavy atom. The molecule has 1 rings (SSSR count). The highest BCUT2D eigenvalue weighted by Gasteiger charge is 2.15. The number of benzene rings is 1. The molecule has 0 aromatic heterocycles. The summed E-state index contributed by atoms with van der Waals surface area (Å²) in [7, 11) is 1.38. The number of ether oxygens (including phenoxy) is 1. The average Bonchev–Trinajstić information content (AvgIpc) is 2.36. The summed E-state index contributed by atoms with van der Waals surface area (Å²) in [5, 5.41) is 3.48. The Bertz CT molecular complexity index is 430. The Morgan fingerprint density at radius 2 is 2.11 bits per heavy atom. The first-order valence-electron chi connectivity index (χ1n) is 6.01. The zero-order chi connectivity index (χ0) is 13.8. The highest BCUT2D eigenvalue weighted by molar-refractivity contribution is 9.10. The molecule has 1 N–H and O–H groups in total. The Labute approximate surface area is 117 Å². The van der Waals surface area contributed by atoms with E-state index in [2.05, 4.69) is 46.8 Å². The molecule has 1 aromatic carbocycles. The number of rotatable bonds is 5. The molecule has 0 amide bonds. The van der Waals surface area contributed by atoms with E-state index in [1.54, 1.807) is 12.1 Å². The summed E-state index contributed by atoms with van der Waals surface area (Å²) in [6.45, 7) is 7.26. The van der Waals surface area contributed by atoms with E-state index >= 15 is 0 Å². The fourth-order valence-electron chi connectivity index (χ4n) is 1.40. The van der Waals surface area contributed by atoms with Gasteiger partial charge in [0, 0.05) is 16.6 Å². The van der Waals surface area contributed by atoms with Crippen molar-refractivity contribution >= 4 is 21.9 Å². The molecule has 3 nitrogen and oxygen atoms in total. The molecule has 0 aliphatic heterocycles. The van der Waals surface area contributed by atoms with Crippen LogP contribution in [-0.4, -0.2) is 18.6 Å². The Kier molecular flexibility index (Phi) is 5.35. The van der Waals surface area contributed by atoms with Gasteiger partial charge in [-0.2, -0.15) is 0 Å². The second-order valence-corrected chi connectivity index (χ2v) is 5.74. The molecule has 0 bridgehead atoms. The lowest BCUT2D eigenvalue weighted by molar-refractivity contribution is 0.0600. The van der Waals surface area contributed by atoms with E-state index in [1.165, 1.54) is 7.11 Å². The van der Waals surface area contributed by atoms with Crippen molar-refractivity contribution in [2.24, 2.45) is 0 Å². The molecule has 100 valence electrons. The van der Waals surface area contributed by atoms with Crippen LogP contribution in [0.2, 0.25) is 0 Å². The minimum atomic E-state index is -0.316. The van der Waals surface area contributed by atoms with Gasteiger partial charge in [-0.25, -0.2) is 4.79 Å². The molecule has 0 spiro atoms.